The van der Waals surface area contributed by atoms with Gasteiger partial charge < -0.3 is 10.8 Å². The Balaban J connectivity index is 2.76. The van der Waals surface area contributed by atoms with Gasteiger partial charge in [-0.25, -0.2) is 0 Å². The van der Waals surface area contributed by atoms with E-state index in [1.807, 2.05) is 42.5 Å². The summed E-state index contributed by atoms with van der Waals surface area (Å²) in [6.07, 6.45) is -0.897. The van der Waals surface area contributed by atoms with Crippen molar-refractivity contribution in [2.45, 2.75) is 6.23 Å². The summed E-state index contributed by atoms with van der Waals surface area (Å²) in [7, 11) is 0. The van der Waals surface area contributed by atoms with Crippen molar-refractivity contribution in [3.63, 3.8) is 0 Å². The molecule has 1 atom stereocenters. The molecule has 13 heavy (non-hydrogen) atoms. The van der Waals surface area contributed by atoms with Gasteiger partial charge in [0.05, 0.1) is 0 Å². The molecule has 0 aliphatic heterocycles. The zero-order chi connectivity index (χ0) is 9.26. The number of aliphatic hydroxyl groups excluding tert-OH is 1. The molecular formula is C11H11NO. The molecule has 0 unspecified atom stereocenters. The van der Waals surface area contributed by atoms with Crippen molar-refractivity contribution >= 4 is 10.8 Å². The Morgan fingerprint density at radius 1 is 1.00 bits per heavy atom. The van der Waals surface area contributed by atoms with Crippen molar-refractivity contribution < 1.29 is 5.11 Å². The topological polar surface area (TPSA) is 46.2 Å². The Kier molecular flexibility index (Phi) is 2.00. The van der Waals surface area contributed by atoms with Gasteiger partial charge in [0.15, 0.2) is 0 Å². The number of nitrogens with two attached hydrogens (primary N) is 1. The molecule has 0 heterocycles. The van der Waals surface area contributed by atoms with E-state index in [2.05, 4.69) is 0 Å². The van der Waals surface area contributed by atoms with Gasteiger partial charge in [-0.15, -0.1) is 0 Å². The van der Waals surface area contributed by atoms with Gasteiger partial charge in [0, 0.05) is 5.56 Å². The Morgan fingerprint density at radius 2 is 1.69 bits per heavy atom. The predicted molar refractivity (Wildman–Crippen MR) is 53.1 cm³/mol. The van der Waals surface area contributed by atoms with Gasteiger partial charge in [-0.1, -0.05) is 42.5 Å². The van der Waals surface area contributed by atoms with E-state index >= 15 is 0 Å². The summed E-state index contributed by atoms with van der Waals surface area (Å²) in [5.74, 6) is 0. The lowest BCUT2D eigenvalue weighted by atomic mass is 10.0. The number of fused-ring (bicyclic) bond motifs is 1. The second-order valence-electron chi connectivity index (χ2n) is 3.01. The van der Waals surface area contributed by atoms with Crippen LogP contribution in [0.5, 0.6) is 0 Å². The maximum Gasteiger partial charge on any atom is 0.129 e. The Bertz CT molecular complexity index is 418. The van der Waals surface area contributed by atoms with Gasteiger partial charge in [-0.05, 0) is 10.8 Å². The van der Waals surface area contributed by atoms with Crippen LogP contribution >= 0.6 is 0 Å². The third kappa shape index (κ3) is 1.41. The van der Waals surface area contributed by atoms with E-state index in [0.29, 0.717) is 0 Å². The van der Waals surface area contributed by atoms with Crippen LogP contribution in [-0.2, 0) is 0 Å². The summed E-state index contributed by atoms with van der Waals surface area (Å²) >= 11 is 0. The Labute approximate surface area is 76.6 Å². The molecule has 0 spiro atoms. The molecule has 0 radical (unpaired) electrons. The summed E-state index contributed by atoms with van der Waals surface area (Å²) < 4.78 is 0. The highest BCUT2D eigenvalue weighted by Gasteiger charge is 2.04. The minimum Gasteiger partial charge on any atom is -0.375 e. The van der Waals surface area contributed by atoms with Gasteiger partial charge in [-0.2, -0.15) is 0 Å². The lowest BCUT2D eigenvalue weighted by Crippen LogP contribution is -2.08. The molecule has 0 aromatic heterocycles. The van der Waals surface area contributed by atoms with Crippen molar-refractivity contribution in [1.29, 1.82) is 0 Å². The van der Waals surface area contributed by atoms with Crippen molar-refractivity contribution in [3.8, 4) is 0 Å². The van der Waals surface area contributed by atoms with Crippen LogP contribution in [0.25, 0.3) is 10.8 Å². The first-order chi connectivity index (χ1) is 6.29. The lowest BCUT2D eigenvalue weighted by Gasteiger charge is -2.08. The molecule has 3 N–H and O–H groups in total. The average Bonchev–Trinajstić information content (AvgIpc) is 2.17. The van der Waals surface area contributed by atoms with Crippen LogP contribution in [0.15, 0.2) is 42.5 Å². The molecule has 2 aromatic rings. The molecule has 0 fully saturated rings. The molecule has 0 amide bonds. The standard InChI is InChI=1S/C11H11NO/c12-11(13)10-7-3-5-8-4-1-2-6-9(8)10/h1-7,11,13H,12H2/t11-/m0/s1. The fourth-order valence-corrected chi connectivity index (χ4v) is 1.51. The summed E-state index contributed by atoms with van der Waals surface area (Å²) in [4.78, 5) is 0. The summed E-state index contributed by atoms with van der Waals surface area (Å²) in [6, 6.07) is 13.6. The maximum absolute atomic E-state index is 9.30. The predicted octanol–water partition coefficient (Wildman–Crippen LogP) is 1.79. The van der Waals surface area contributed by atoms with E-state index in [4.69, 9.17) is 5.73 Å². The normalized spacial score (nSPS) is 13.1. The van der Waals surface area contributed by atoms with Crippen LogP contribution in [0.2, 0.25) is 0 Å². The zero-order valence-corrected chi connectivity index (χ0v) is 7.14. The van der Waals surface area contributed by atoms with Crippen LogP contribution in [0.1, 0.15) is 11.8 Å². The zero-order valence-electron chi connectivity index (χ0n) is 7.14. The highest BCUT2D eigenvalue weighted by atomic mass is 16.3. The second kappa shape index (κ2) is 3.17. The van der Waals surface area contributed by atoms with E-state index in [-0.39, 0.29) is 0 Å². The molecular weight excluding hydrogens is 162 g/mol. The van der Waals surface area contributed by atoms with Gasteiger partial charge in [0.25, 0.3) is 0 Å². The summed E-state index contributed by atoms with van der Waals surface area (Å²) in [6.45, 7) is 0. The van der Waals surface area contributed by atoms with Crippen LogP contribution in [0, 0.1) is 0 Å². The summed E-state index contributed by atoms with van der Waals surface area (Å²) in [5, 5.41) is 11.4. The lowest BCUT2D eigenvalue weighted by molar-refractivity contribution is 0.188. The van der Waals surface area contributed by atoms with E-state index < -0.39 is 6.23 Å². The molecule has 2 nitrogen and oxygen atoms in total. The van der Waals surface area contributed by atoms with Gasteiger partial charge in [-0.3, -0.25) is 0 Å². The highest BCUT2D eigenvalue weighted by Crippen LogP contribution is 2.21. The molecule has 2 rings (SSSR count). The molecule has 0 aliphatic carbocycles. The van der Waals surface area contributed by atoms with Gasteiger partial charge in [0.2, 0.25) is 0 Å². The SMILES string of the molecule is N[C@@H](O)c1cccc2ccccc12. The van der Waals surface area contributed by atoms with Gasteiger partial charge in [0.1, 0.15) is 6.23 Å². The first kappa shape index (κ1) is 8.23. The summed E-state index contributed by atoms with van der Waals surface area (Å²) in [5.41, 5.74) is 6.21. The molecule has 66 valence electrons. The van der Waals surface area contributed by atoms with Gasteiger partial charge >= 0.3 is 0 Å². The molecule has 0 saturated heterocycles. The van der Waals surface area contributed by atoms with Crippen molar-refractivity contribution in [1.82, 2.24) is 0 Å². The van der Waals surface area contributed by atoms with E-state index in [0.717, 1.165) is 16.3 Å². The minimum absolute atomic E-state index is 0.776. The third-order valence-electron chi connectivity index (χ3n) is 2.14. The number of benzene rings is 2. The maximum atomic E-state index is 9.30. The number of aliphatic hydroxyl groups is 1. The quantitative estimate of drug-likeness (QED) is 0.646. The molecule has 0 saturated carbocycles. The third-order valence-corrected chi connectivity index (χ3v) is 2.14. The Morgan fingerprint density at radius 3 is 2.46 bits per heavy atom. The highest BCUT2D eigenvalue weighted by molar-refractivity contribution is 5.85. The van der Waals surface area contributed by atoms with Crippen molar-refractivity contribution in [2.24, 2.45) is 5.73 Å². The van der Waals surface area contributed by atoms with Crippen LogP contribution in [-0.4, -0.2) is 5.11 Å². The van der Waals surface area contributed by atoms with Crippen LogP contribution in [0.3, 0.4) is 0 Å². The second-order valence-corrected chi connectivity index (χ2v) is 3.01. The van der Waals surface area contributed by atoms with E-state index in [1.165, 1.54) is 0 Å². The molecule has 2 heteroatoms. The van der Waals surface area contributed by atoms with Crippen molar-refractivity contribution in [3.05, 3.63) is 48.0 Å². The number of rotatable bonds is 1. The van der Waals surface area contributed by atoms with Crippen LogP contribution < -0.4 is 5.73 Å². The largest absolute Gasteiger partial charge is 0.375 e. The van der Waals surface area contributed by atoms with Crippen LogP contribution in [0.4, 0.5) is 0 Å². The number of hydrogen-bond donors (Lipinski definition) is 2. The molecule has 0 bridgehead atoms. The molecule has 0 aliphatic rings. The average molecular weight is 173 g/mol. The van der Waals surface area contributed by atoms with Crippen molar-refractivity contribution in [2.75, 3.05) is 0 Å². The number of hydrogen-bond acceptors (Lipinski definition) is 2. The fourth-order valence-electron chi connectivity index (χ4n) is 1.51. The minimum atomic E-state index is -0.897. The first-order valence-electron chi connectivity index (χ1n) is 4.20. The molecule has 2 aromatic carbocycles. The smallest absolute Gasteiger partial charge is 0.129 e. The fraction of sp³-hybridized carbons (Fsp3) is 0.0909. The first-order valence-corrected chi connectivity index (χ1v) is 4.20. The monoisotopic (exact) mass is 173 g/mol. The van der Waals surface area contributed by atoms with E-state index in [1.54, 1.807) is 0 Å². The van der Waals surface area contributed by atoms with E-state index in [9.17, 15) is 5.11 Å². The Hall–Kier alpha value is -1.38.